The number of fused-ring (bicyclic) bond motifs is 1. The highest BCUT2D eigenvalue weighted by molar-refractivity contribution is 6.31. The first-order valence-corrected chi connectivity index (χ1v) is 6.00. The summed E-state index contributed by atoms with van der Waals surface area (Å²) in [6.07, 6.45) is 2.89. The van der Waals surface area contributed by atoms with Gasteiger partial charge in [0.1, 0.15) is 0 Å². The normalized spacial score (nSPS) is 19.6. The maximum atomic E-state index is 10.7. The summed E-state index contributed by atoms with van der Waals surface area (Å²) in [5.41, 5.74) is 0.813. The molecule has 1 aliphatic rings. The predicted molar refractivity (Wildman–Crippen MR) is 65.1 cm³/mol. The van der Waals surface area contributed by atoms with Crippen molar-refractivity contribution in [3.63, 3.8) is 0 Å². The van der Waals surface area contributed by atoms with Crippen molar-refractivity contribution in [2.75, 3.05) is 13.2 Å². The summed E-state index contributed by atoms with van der Waals surface area (Å²) in [6, 6.07) is 3.65. The van der Waals surface area contributed by atoms with E-state index in [0.717, 1.165) is 16.5 Å². The number of nitrogens with zero attached hydrogens (tertiary/aromatic N) is 1. The van der Waals surface area contributed by atoms with Crippen LogP contribution in [0, 0.1) is 0 Å². The van der Waals surface area contributed by atoms with Gasteiger partial charge in [-0.15, -0.1) is 0 Å². The van der Waals surface area contributed by atoms with E-state index < -0.39 is 5.60 Å². The first-order chi connectivity index (χ1) is 8.19. The molecule has 0 spiro atoms. The second-order valence-electron chi connectivity index (χ2n) is 4.43. The van der Waals surface area contributed by atoms with Crippen molar-refractivity contribution >= 4 is 22.5 Å². The number of H-pyrrole nitrogens is 1. The molecule has 1 aromatic heterocycles. The molecule has 2 N–H and O–H groups in total. The van der Waals surface area contributed by atoms with Gasteiger partial charge in [-0.25, -0.2) is 0 Å². The van der Waals surface area contributed by atoms with E-state index in [-0.39, 0.29) is 0 Å². The highest BCUT2D eigenvalue weighted by Crippen LogP contribution is 2.37. The molecule has 1 fully saturated rings. The third-order valence-corrected chi connectivity index (χ3v) is 3.55. The zero-order chi connectivity index (χ0) is 11.9. The van der Waals surface area contributed by atoms with E-state index in [1.807, 2.05) is 12.1 Å². The van der Waals surface area contributed by atoms with Gasteiger partial charge in [0, 0.05) is 42.0 Å². The molecule has 90 valence electrons. The van der Waals surface area contributed by atoms with Crippen molar-refractivity contribution in [3.8, 4) is 0 Å². The van der Waals surface area contributed by atoms with Gasteiger partial charge in [0.25, 0.3) is 0 Å². The Labute approximate surface area is 104 Å². The lowest BCUT2D eigenvalue weighted by molar-refractivity contribution is -0.0670. The van der Waals surface area contributed by atoms with Crippen molar-refractivity contribution in [3.05, 3.63) is 28.9 Å². The van der Waals surface area contributed by atoms with Crippen LogP contribution < -0.4 is 0 Å². The Morgan fingerprint density at radius 1 is 1.35 bits per heavy atom. The van der Waals surface area contributed by atoms with Crippen molar-refractivity contribution in [1.29, 1.82) is 0 Å². The fourth-order valence-corrected chi connectivity index (χ4v) is 2.59. The molecular formula is C12H13ClN2O2. The summed E-state index contributed by atoms with van der Waals surface area (Å²) in [5.74, 6) is 0. The Morgan fingerprint density at radius 3 is 2.88 bits per heavy atom. The minimum Gasteiger partial charge on any atom is -0.385 e. The number of hydrogen-bond donors (Lipinski definition) is 2. The maximum absolute atomic E-state index is 10.7. The second-order valence-corrected chi connectivity index (χ2v) is 4.87. The molecule has 0 radical (unpaired) electrons. The number of ether oxygens (including phenoxy) is 1. The third kappa shape index (κ3) is 1.82. The summed E-state index contributed by atoms with van der Waals surface area (Å²) in [7, 11) is 0. The van der Waals surface area contributed by atoms with Gasteiger partial charge >= 0.3 is 0 Å². The Balaban J connectivity index is 2.18. The standard InChI is InChI=1S/C12H13ClN2O2/c13-9-5-8-7-14-15-11(8)10(6-9)12(16)1-3-17-4-2-12/h5-7,16H,1-4H2,(H,14,15). The molecule has 0 aliphatic carbocycles. The molecule has 0 saturated carbocycles. The van der Waals surface area contributed by atoms with Crippen LogP contribution in [0.25, 0.3) is 10.9 Å². The smallest absolute Gasteiger partial charge is 0.0961 e. The van der Waals surface area contributed by atoms with Gasteiger partial charge in [0.05, 0.1) is 17.3 Å². The number of benzene rings is 1. The number of nitrogens with one attached hydrogen (secondary N) is 1. The van der Waals surface area contributed by atoms with E-state index in [4.69, 9.17) is 16.3 Å². The van der Waals surface area contributed by atoms with E-state index in [1.165, 1.54) is 0 Å². The van der Waals surface area contributed by atoms with Gasteiger partial charge in [-0.2, -0.15) is 5.10 Å². The Hall–Kier alpha value is -1.10. The molecule has 0 unspecified atom stereocenters. The summed E-state index contributed by atoms with van der Waals surface area (Å²) in [4.78, 5) is 0. The van der Waals surface area contributed by atoms with Crippen molar-refractivity contribution in [1.82, 2.24) is 10.2 Å². The maximum Gasteiger partial charge on any atom is 0.0961 e. The molecule has 0 atom stereocenters. The lowest BCUT2D eigenvalue weighted by atomic mass is 9.85. The van der Waals surface area contributed by atoms with Gasteiger partial charge in [0.2, 0.25) is 0 Å². The summed E-state index contributed by atoms with van der Waals surface area (Å²) in [5, 5.41) is 19.2. The summed E-state index contributed by atoms with van der Waals surface area (Å²) in [6.45, 7) is 1.14. The largest absolute Gasteiger partial charge is 0.385 e. The van der Waals surface area contributed by atoms with Gasteiger partial charge in [0.15, 0.2) is 0 Å². The minimum absolute atomic E-state index is 0.568. The molecule has 0 amide bonds. The summed E-state index contributed by atoms with van der Waals surface area (Å²) < 4.78 is 5.29. The molecule has 3 rings (SSSR count). The lowest BCUT2D eigenvalue weighted by Crippen LogP contribution is -2.33. The quantitative estimate of drug-likeness (QED) is 0.818. The van der Waals surface area contributed by atoms with E-state index in [1.54, 1.807) is 6.20 Å². The number of rotatable bonds is 1. The number of aromatic nitrogens is 2. The number of hydrogen-bond acceptors (Lipinski definition) is 3. The van der Waals surface area contributed by atoms with Crippen LogP contribution >= 0.6 is 11.6 Å². The second kappa shape index (κ2) is 3.98. The predicted octanol–water partition coefficient (Wildman–Crippen LogP) is 2.21. The van der Waals surface area contributed by atoms with Crippen LogP contribution in [-0.2, 0) is 10.3 Å². The zero-order valence-corrected chi connectivity index (χ0v) is 10.00. The lowest BCUT2D eigenvalue weighted by Gasteiger charge is -2.32. The van der Waals surface area contributed by atoms with Crippen LogP contribution in [0.2, 0.25) is 5.02 Å². The molecule has 0 bridgehead atoms. The topological polar surface area (TPSA) is 58.1 Å². The number of halogens is 1. The van der Waals surface area contributed by atoms with E-state index in [2.05, 4.69) is 10.2 Å². The Bertz CT molecular complexity index is 546. The van der Waals surface area contributed by atoms with Crippen LogP contribution in [0.3, 0.4) is 0 Å². The highest BCUT2D eigenvalue weighted by Gasteiger charge is 2.34. The first kappa shape index (κ1) is 11.0. The van der Waals surface area contributed by atoms with Crippen LogP contribution in [0.5, 0.6) is 0 Å². The molecule has 1 aliphatic heterocycles. The fraction of sp³-hybridized carbons (Fsp3) is 0.417. The molecule has 4 nitrogen and oxygen atoms in total. The molecule has 17 heavy (non-hydrogen) atoms. The Morgan fingerprint density at radius 2 is 2.12 bits per heavy atom. The zero-order valence-electron chi connectivity index (χ0n) is 9.24. The van der Waals surface area contributed by atoms with E-state index >= 15 is 0 Å². The van der Waals surface area contributed by atoms with Crippen LogP contribution in [0.4, 0.5) is 0 Å². The molecular weight excluding hydrogens is 240 g/mol. The summed E-state index contributed by atoms with van der Waals surface area (Å²) >= 11 is 6.08. The molecule has 2 heterocycles. The molecule has 1 saturated heterocycles. The van der Waals surface area contributed by atoms with Gasteiger partial charge in [-0.3, -0.25) is 5.10 Å². The molecule has 2 aromatic rings. The number of aliphatic hydroxyl groups is 1. The van der Waals surface area contributed by atoms with E-state index in [9.17, 15) is 5.11 Å². The third-order valence-electron chi connectivity index (χ3n) is 3.33. The van der Waals surface area contributed by atoms with Crippen molar-refractivity contribution in [2.24, 2.45) is 0 Å². The van der Waals surface area contributed by atoms with Crippen LogP contribution in [-0.4, -0.2) is 28.5 Å². The van der Waals surface area contributed by atoms with Crippen molar-refractivity contribution < 1.29 is 9.84 Å². The SMILES string of the molecule is OC1(c2cc(Cl)cc3cn[nH]c23)CCOCC1. The monoisotopic (exact) mass is 252 g/mol. The van der Waals surface area contributed by atoms with Gasteiger partial charge < -0.3 is 9.84 Å². The van der Waals surface area contributed by atoms with Gasteiger partial charge in [-0.1, -0.05) is 11.6 Å². The average Bonchev–Trinajstić information content (AvgIpc) is 2.76. The van der Waals surface area contributed by atoms with Crippen molar-refractivity contribution in [2.45, 2.75) is 18.4 Å². The first-order valence-electron chi connectivity index (χ1n) is 5.62. The molecule has 1 aromatic carbocycles. The van der Waals surface area contributed by atoms with Gasteiger partial charge in [-0.05, 0) is 12.1 Å². The number of aromatic amines is 1. The molecule has 5 heteroatoms. The van der Waals surface area contributed by atoms with Crippen LogP contribution in [0.1, 0.15) is 18.4 Å². The van der Waals surface area contributed by atoms with E-state index in [0.29, 0.717) is 31.1 Å². The van der Waals surface area contributed by atoms with Crippen LogP contribution in [0.15, 0.2) is 18.3 Å². The average molecular weight is 253 g/mol. The Kier molecular flexibility index (Phi) is 2.58. The highest BCUT2D eigenvalue weighted by atomic mass is 35.5. The fourth-order valence-electron chi connectivity index (χ4n) is 2.37. The minimum atomic E-state index is -0.867.